The zero-order valence-electron chi connectivity index (χ0n) is 13.6. The maximum absolute atomic E-state index is 5.48. The van der Waals surface area contributed by atoms with Crippen LogP contribution in [0.2, 0.25) is 0 Å². The van der Waals surface area contributed by atoms with E-state index in [1.807, 2.05) is 12.1 Å². The second kappa shape index (κ2) is 9.16. The van der Waals surface area contributed by atoms with Gasteiger partial charge in [0.1, 0.15) is 12.4 Å². The second-order valence-corrected chi connectivity index (χ2v) is 5.53. The van der Waals surface area contributed by atoms with Gasteiger partial charge in [-0.3, -0.25) is 0 Å². The number of benzene rings is 2. The Bertz CT molecular complexity index is 765. The molecule has 24 heavy (non-hydrogen) atoms. The number of fused-ring (bicyclic) bond motifs is 1. The summed E-state index contributed by atoms with van der Waals surface area (Å²) in [6, 6.07) is 16.6. The molecule has 0 bridgehead atoms. The van der Waals surface area contributed by atoms with Crippen LogP contribution in [0.15, 0.2) is 67.4 Å². The fourth-order valence-corrected chi connectivity index (χ4v) is 2.65. The Morgan fingerprint density at radius 1 is 1.08 bits per heavy atom. The lowest BCUT2D eigenvalue weighted by molar-refractivity contribution is -0.00000508. The van der Waals surface area contributed by atoms with Crippen LogP contribution < -0.4 is 22.5 Å². The van der Waals surface area contributed by atoms with E-state index in [4.69, 9.17) is 4.74 Å². The molecule has 0 saturated carbocycles. The first kappa shape index (κ1) is 18.1. The van der Waals surface area contributed by atoms with E-state index in [-0.39, 0.29) is 12.4 Å². The number of aromatic nitrogens is 1. The average molecular weight is 342 g/mol. The van der Waals surface area contributed by atoms with Crippen LogP contribution in [0.3, 0.4) is 0 Å². The molecule has 0 saturated heterocycles. The molecule has 3 aromatic rings. The summed E-state index contributed by atoms with van der Waals surface area (Å²) >= 11 is 0. The predicted octanol–water partition coefficient (Wildman–Crippen LogP) is 1.07. The molecule has 0 radical (unpaired) electrons. The van der Waals surface area contributed by atoms with Crippen molar-refractivity contribution < 1.29 is 17.1 Å². The van der Waals surface area contributed by atoms with E-state index in [0.717, 1.165) is 25.3 Å². The summed E-state index contributed by atoms with van der Waals surface area (Å²) in [7, 11) is 0. The number of aromatic amines is 1. The summed E-state index contributed by atoms with van der Waals surface area (Å²) < 4.78 is 5.48. The van der Waals surface area contributed by atoms with Crippen LogP contribution in [-0.4, -0.2) is 18.1 Å². The van der Waals surface area contributed by atoms with E-state index in [9.17, 15) is 0 Å². The maximum Gasteiger partial charge on any atom is 0.119 e. The van der Waals surface area contributed by atoms with Gasteiger partial charge in [-0.2, -0.15) is 0 Å². The molecule has 4 heteroatoms. The summed E-state index contributed by atoms with van der Waals surface area (Å²) in [5, 5.41) is 4.81. The Kier molecular flexibility index (Phi) is 6.91. The Morgan fingerprint density at radius 2 is 1.88 bits per heavy atom. The number of para-hydroxylation sites is 1. The fraction of sp³-hybridized carbons (Fsp3) is 0.200. The highest BCUT2D eigenvalue weighted by atomic mass is 35.5. The van der Waals surface area contributed by atoms with Crippen molar-refractivity contribution >= 4 is 10.9 Å². The summed E-state index contributed by atoms with van der Waals surface area (Å²) in [6.45, 7) is 6.01. The van der Waals surface area contributed by atoms with Gasteiger partial charge in [-0.25, -0.2) is 0 Å². The third-order valence-electron chi connectivity index (χ3n) is 3.87. The third-order valence-corrected chi connectivity index (χ3v) is 3.87. The first-order valence-corrected chi connectivity index (χ1v) is 7.95. The molecule has 0 atom stereocenters. The smallest absolute Gasteiger partial charge is 0.119 e. The average Bonchev–Trinajstić information content (AvgIpc) is 3.01. The molecule has 0 aliphatic carbocycles. The largest absolute Gasteiger partial charge is 1.00 e. The molecule has 0 aliphatic rings. The van der Waals surface area contributed by atoms with Crippen molar-refractivity contribution in [1.82, 2.24) is 10.3 Å². The molecular formula is C20H22ClN2O-. The van der Waals surface area contributed by atoms with Crippen LogP contribution in [0.1, 0.15) is 11.1 Å². The zero-order chi connectivity index (χ0) is 15.9. The van der Waals surface area contributed by atoms with E-state index in [0.29, 0.717) is 6.61 Å². The number of hydrogen-bond acceptors (Lipinski definition) is 2. The van der Waals surface area contributed by atoms with Crippen molar-refractivity contribution in [2.24, 2.45) is 0 Å². The molecule has 0 fully saturated rings. The Morgan fingerprint density at radius 3 is 2.67 bits per heavy atom. The van der Waals surface area contributed by atoms with E-state index in [1.165, 1.54) is 22.0 Å². The Labute approximate surface area is 149 Å². The van der Waals surface area contributed by atoms with Gasteiger partial charge in [-0.1, -0.05) is 43.0 Å². The van der Waals surface area contributed by atoms with Gasteiger partial charge < -0.3 is 27.4 Å². The number of ether oxygens (including phenoxy) is 1. The van der Waals surface area contributed by atoms with Crippen molar-refractivity contribution in [3.05, 3.63) is 78.5 Å². The number of rotatable bonds is 8. The number of hydrogen-bond donors (Lipinski definition) is 2. The fourth-order valence-electron chi connectivity index (χ4n) is 2.65. The van der Waals surface area contributed by atoms with Gasteiger partial charge in [-0.15, -0.1) is 0 Å². The third kappa shape index (κ3) is 4.63. The van der Waals surface area contributed by atoms with Gasteiger partial charge >= 0.3 is 0 Å². The molecule has 0 unspecified atom stereocenters. The minimum absolute atomic E-state index is 0. The van der Waals surface area contributed by atoms with Gasteiger partial charge in [-0.05, 0) is 42.3 Å². The Balaban J connectivity index is 0.00000208. The second-order valence-electron chi connectivity index (χ2n) is 5.53. The number of halogens is 1. The van der Waals surface area contributed by atoms with Crippen molar-refractivity contribution in [1.29, 1.82) is 0 Å². The summed E-state index contributed by atoms with van der Waals surface area (Å²) in [4.78, 5) is 3.32. The highest BCUT2D eigenvalue weighted by molar-refractivity contribution is 5.83. The van der Waals surface area contributed by atoms with Crippen LogP contribution >= 0.6 is 0 Å². The number of nitrogens with one attached hydrogen (secondary N) is 2. The molecule has 3 nitrogen and oxygen atoms in total. The van der Waals surface area contributed by atoms with Crippen LogP contribution in [0.25, 0.3) is 10.9 Å². The van der Waals surface area contributed by atoms with Gasteiger partial charge in [0.05, 0.1) is 0 Å². The van der Waals surface area contributed by atoms with Gasteiger partial charge in [0, 0.05) is 23.6 Å². The van der Waals surface area contributed by atoms with E-state index in [2.05, 4.69) is 59.5 Å². The Hall–Kier alpha value is -2.23. The van der Waals surface area contributed by atoms with E-state index >= 15 is 0 Å². The molecule has 1 heterocycles. The quantitative estimate of drug-likeness (QED) is 0.475. The zero-order valence-corrected chi connectivity index (χ0v) is 14.4. The van der Waals surface area contributed by atoms with Crippen LogP contribution in [0, 0.1) is 0 Å². The van der Waals surface area contributed by atoms with Gasteiger partial charge in [0.2, 0.25) is 0 Å². The SMILES string of the molecule is C=CCOc1ccc(CNCCc2c[nH]c3ccccc23)cc1.[Cl-]. The van der Waals surface area contributed by atoms with Crippen molar-refractivity contribution in [2.75, 3.05) is 13.2 Å². The molecule has 2 N–H and O–H groups in total. The normalized spacial score (nSPS) is 10.3. The van der Waals surface area contributed by atoms with E-state index < -0.39 is 0 Å². The molecule has 0 spiro atoms. The minimum atomic E-state index is 0. The van der Waals surface area contributed by atoms with Crippen molar-refractivity contribution in [3.8, 4) is 5.75 Å². The van der Waals surface area contributed by atoms with Gasteiger partial charge in [0.25, 0.3) is 0 Å². The molecule has 0 amide bonds. The van der Waals surface area contributed by atoms with Crippen LogP contribution in [0.5, 0.6) is 5.75 Å². The lowest BCUT2D eigenvalue weighted by Crippen LogP contribution is -3.00. The molecule has 3 rings (SSSR count). The summed E-state index contributed by atoms with van der Waals surface area (Å²) in [5.74, 6) is 0.882. The molecule has 0 aliphatic heterocycles. The first-order valence-electron chi connectivity index (χ1n) is 7.95. The lowest BCUT2D eigenvalue weighted by Gasteiger charge is -2.07. The highest BCUT2D eigenvalue weighted by Gasteiger charge is 2.02. The predicted molar refractivity (Wildman–Crippen MR) is 95.8 cm³/mol. The monoisotopic (exact) mass is 341 g/mol. The minimum Gasteiger partial charge on any atom is -1.00 e. The highest BCUT2D eigenvalue weighted by Crippen LogP contribution is 2.17. The van der Waals surface area contributed by atoms with Crippen LogP contribution in [0.4, 0.5) is 0 Å². The van der Waals surface area contributed by atoms with Crippen molar-refractivity contribution in [3.63, 3.8) is 0 Å². The molecular weight excluding hydrogens is 320 g/mol. The molecule has 126 valence electrons. The number of H-pyrrole nitrogens is 1. The van der Waals surface area contributed by atoms with Crippen LogP contribution in [-0.2, 0) is 13.0 Å². The van der Waals surface area contributed by atoms with Crippen molar-refractivity contribution in [2.45, 2.75) is 13.0 Å². The first-order chi connectivity index (χ1) is 11.4. The maximum atomic E-state index is 5.48. The van der Waals surface area contributed by atoms with Gasteiger partial charge in [0.15, 0.2) is 0 Å². The topological polar surface area (TPSA) is 37.0 Å². The summed E-state index contributed by atoms with van der Waals surface area (Å²) in [6.07, 6.45) is 4.88. The lowest BCUT2D eigenvalue weighted by atomic mass is 10.1. The summed E-state index contributed by atoms with van der Waals surface area (Å²) in [5.41, 5.74) is 3.83. The molecule has 1 aromatic heterocycles. The molecule has 2 aromatic carbocycles. The standard InChI is InChI=1S/C20H22N2O.ClH/c1-2-13-23-18-9-7-16(8-10-18)14-21-12-11-17-15-22-20-6-4-3-5-19(17)20;/h2-10,15,21-22H,1,11-14H2;1H/p-1. The van der Waals surface area contributed by atoms with E-state index in [1.54, 1.807) is 6.08 Å².